The SMILES string of the molecule is CCCOc1ccccc1C(NN)C1(OCC)CCCC1. The number of ether oxygens (including phenoxy) is 2. The first-order valence-electron chi connectivity index (χ1n) is 8.09. The summed E-state index contributed by atoms with van der Waals surface area (Å²) in [6, 6.07) is 8.11. The Kier molecular flexibility index (Phi) is 6.03. The molecule has 0 aromatic heterocycles. The van der Waals surface area contributed by atoms with Gasteiger partial charge in [0.15, 0.2) is 0 Å². The Morgan fingerprint density at radius 1 is 1.24 bits per heavy atom. The number of nitrogens with two attached hydrogens (primary N) is 1. The Hall–Kier alpha value is -1.10. The van der Waals surface area contributed by atoms with E-state index in [0.29, 0.717) is 6.61 Å². The van der Waals surface area contributed by atoms with Crippen LogP contribution >= 0.6 is 0 Å². The van der Waals surface area contributed by atoms with Crippen molar-refractivity contribution in [2.45, 2.75) is 57.6 Å². The van der Waals surface area contributed by atoms with E-state index < -0.39 is 0 Å². The Bertz CT molecular complexity index is 431. The van der Waals surface area contributed by atoms with Gasteiger partial charge < -0.3 is 9.47 Å². The zero-order valence-corrected chi connectivity index (χ0v) is 13.2. The number of rotatable bonds is 8. The van der Waals surface area contributed by atoms with Gasteiger partial charge in [-0.15, -0.1) is 0 Å². The van der Waals surface area contributed by atoms with Gasteiger partial charge in [-0.2, -0.15) is 0 Å². The van der Waals surface area contributed by atoms with Crippen molar-refractivity contribution in [2.24, 2.45) is 5.84 Å². The number of nitrogens with one attached hydrogen (secondary N) is 1. The summed E-state index contributed by atoms with van der Waals surface area (Å²) in [6.07, 6.45) is 5.45. The van der Waals surface area contributed by atoms with Crippen LogP contribution in [0.5, 0.6) is 5.75 Å². The molecule has 4 heteroatoms. The van der Waals surface area contributed by atoms with E-state index in [2.05, 4.69) is 18.4 Å². The number of hydrazine groups is 1. The quantitative estimate of drug-likeness (QED) is 0.570. The summed E-state index contributed by atoms with van der Waals surface area (Å²) in [7, 11) is 0. The summed E-state index contributed by atoms with van der Waals surface area (Å²) in [4.78, 5) is 0. The molecular weight excluding hydrogens is 264 g/mol. The maximum Gasteiger partial charge on any atom is 0.124 e. The van der Waals surface area contributed by atoms with Crippen LogP contribution in [-0.2, 0) is 4.74 Å². The monoisotopic (exact) mass is 292 g/mol. The lowest BCUT2D eigenvalue weighted by Gasteiger charge is -2.37. The van der Waals surface area contributed by atoms with Crippen LogP contribution in [0.25, 0.3) is 0 Å². The molecule has 0 heterocycles. The van der Waals surface area contributed by atoms with Gasteiger partial charge in [-0.3, -0.25) is 5.84 Å². The minimum atomic E-state index is -0.213. The molecule has 21 heavy (non-hydrogen) atoms. The molecule has 1 atom stereocenters. The molecule has 1 aromatic carbocycles. The molecule has 1 aliphatic rings. The molecule has 4 nitrogen and oxygen atoms in total. The van der Waals surface area contributed by atoms with Crippen molar-refractivity contribution in [1.82, 2.24) is 5.43 Å². The van der Waals surface area contributed by atoms with Gasteiger partial charge in [0, 0.05) is 12.2 Å². The highest BCUT2D eigenvalue weighted by Gasteiger charge is 2.43. The van der Waals surface area contributed by atoms with E-state index in [1.54, 1.807) is 0 Å². The molecule has 1 aliphatic carbocycles. The average molecular weight is 292 g/mol. The van der Waals surface area contributed by atoms with Gasteiger partial charge >= 0.3 is 0 Å². The topological polar surface area (TPSA) is 56.5 Å². The van der Waals surface area contributed by atoms with E-state index in [4.69, 9.17) is 15.3 Å². The summed E-state index contributed by atoms with van der Waals surface area (Å²) in [5, 5.41) is 0. The standard InChI is InChI=1S/C17H28N2O2/c1-3-13-20-15-10-6-5-9-14(15)16(19-18)17(21-4-2)11-7-8-12-17/h5-6,9-10,16,19H,3-4,7-8,11-13,18H2,1-2H3. The van der Waals surface area contributed by atoms with E-state index in [0.717, 1.165) is 37.2 Å². The molecule has 0 radical (unpaired) electrons. The Morgan fingerprint density at radius 3 is 2.57 bits per heavy atom. The Morgan fingerprint density at radius 2 is 1.95 bits per heavy atom. The fraction of sp³-hybridized carbons (Fsp3) is 0.647. The zero-order valence-electron chi connectivity index (χ0n) is 13.2. The van der Waals surface area contributed by atoms with Crippen molar-refractivity contribution in [1.29, 1.82) is 0 Å². The molecule has 0 aliphatic heterocycles. The van der Waals surface area contributed by atoms with Gasteiger partial charge in [0.05, 0.1) is 18.2 Å². The molecule has 0 bridgehead atoms. The summed E-state index contributed by atoms with van der Waals surface area (Å²) in [5.74, 6) is 6.82. The molecular formula is C17H28N2O2. The fourth-order valence-corrected chi connectivity index (χ4v) is 3.36. The highest BCUT2D eigenvalue weighted by atomic mass is 16.5. The van der Waals surface area contributed by atoms with Crippen LogP contribution in [0.2, 0.25) is 0 Å². The predicted octanol–water partition coefficient (Wildman–Crippen LogP) is 3.33. The highest BCUT2D eigenvalue weighted by Crippen LogP contribution is 2.44. The lowest BCUT2D eigenvalue weighted by molar-refractivity contribution is -0.0632. The number of para-hydroxylation sites is 1. The maximum atomic E-state index is 6.16. The van der Waals surface area contributed by atoms with Crippen LogP contribution in [0.15, 0.2) is 24.3 Å². The third-order valence-electron chi connectivity index (χ3n) is 4.27. The van der Waals surface area contributed by atoms with Crippen molar-refractivity contribution < 1.29 is 9.47 Å². The largest absolute Gasteiger partial charge is 0.493 e. The number of hydrogen-bond acceptors (Lipinski definition) is 4. The van der Waals surface area contributed by atoms with E-state index in [9.17, 15) is 0 Å². The maximum absolute atomic E-state index is 6.16. The van der Waals surface area contributed by atoms with Crippen molar-refractivity contribution in [3.05, 3.63) is 29.8 Å². The van der Waals surface area contributed by atoms with E-state index in [1.807, 2.05) is 25.1 Å². The van der Waals surface area contributed by atoms with Crippen LogP contribution < -0.4 is 16.0 Å². The van der Waals surface area contributed by atoms with Crippen LogP contribution in [0.1, 0.15) is 57.6 Å². The van der Waals surface area contributed by atoms with E-state index >= 15 is 0 Å². The van der Waals surface area contributed by atoms with Gasteiger partial charge in [0.1, 0.15) is 5.75 Å². The first-order valence-corrected chi connectivity index (χ1v) is 8.09. The van der Waals surface area contributed by atoms with Gasteiger partial charge in [-0.25, -0.2) is 5.43 Å². The van der Waals surface area contributed by atoms with Crippen molar-refractivity contribution in [2.75, 3.05) is 13.2 Å². The van der Waals surface area contributed by atoms with E-state index in [1.165, 1.54) is 12.8 Å². The zero-order chi connectivity index (χ0) is 15.1. The molecule has 3 N–H and O–H groups in total. The fourth-order valence-electron chi connectivity index (χ4n) is 3.36. The van der Waals surface area contributed by atoms with Crippen LogP contribution in [0.4, 0.5) is 0 Å². The predicted molar refractivity (Wildman–Crippen MR) is 85.1 cm³/mol. The average Bonchev–Trinajstić information content (AvgIpc) is 2.97. The molecule has 0 amide bonds. The molecule has 118 valence electrons. The molecule has 1 unspecified atom stereocenters. The summed E-state index contributed by atoms with van der Waals surface area (Å²) >= 11 is 0. The van der Waals surface area contributed by atoms with Crippen molar-refractivity contribution in [3.63, 3.8) is 0 Å². The molecule has 0 saturated heterocycles. The van der Waals surface area contributed by atoms with Crippen molar-refractivity contribution in [3.8, 4) is 5.75 Å². The third-order valence-corrected chi connectivity index (χ3v) is 4.27. The number of benzene rings is 1. The first-order chi connectivity index (χ1) is 10.3. The van der Waals surface area contributed by atoms with Gasteiger partial charge in [-0.1, -0.05) is 38.0 Å². The third kappa shape index (κ3) is 3.57. The summed E-state index contributed by atoms with van der Waals surface area (Å²) in [5.41, 5.74) is 3.89. The highest BCUT2D eigenvalue weighted by molar-refractivity contribution is 5.38. The molecule has 1 aromatic rings. The summed E-state index contributed by atoms with van der Waals surface area (Å²) < 4.78 is 12.1. The Balaban J connectivity index is 2.31. The summed E-state index contributed by atoms with van der Waals surface area (Å²) in [6.45, 7) is 5.58. The smallest absolute Gasteiger partial charge is 0.124 e. The molecule has 1 saturated carbocycles. The second-order valence-corrected chi connectivity index (χ2v) is 5.69. The lowest BCUT2D eigenvalue weighted by Crippen LogP contribution is -2.47. The van der Waals surface area contributed by atoms with Crippen LogP contribution in [0.3, 0.4) is 0 Å². The number of hydrogen-bond donors (Lipinski definition) is 2. The lowest BCUT2D eigenvalue weighted by atomic mass is 9.86. The van der Waals surface area contributed by atoms with E-state index in [-0.39, 0.29) is 11.6 Å². The molecule has 1 fully saturated rings. The van der Waals surface area contributed by atoms with Crippen molar-refractivity contribution >= 4 is 0 Å². The normalized spacial score (nSPS) is 18.6. The van der Waals surface area contributed by atoms with Gasteiger partial charge in [-0.05, 0) is 32.3 Å². The second-order valence-electron chi connectivity index (χ2n) is 5.69. The first kappa shape index (κ1) is 16.3. The second kappa shape index (κ2) is 7.78. The van der Waals surface area contributed by atoms with Gasteiger partial charge in [0.2, 0.25) is 0 Å². The Labute approximate surface area is 128 Å². The minimum absolute atomic E-state index is 0.0343. The molecule has 0 spiro atoms. The van der Waals surface area contributed by atoms with Gasteiger partial charge in [0.25, 0.3) is 0 Å². The molecule has 2 rings (SSSR count). The van der Waals surface area contributed by atoms with Crippen LogP contribution in [-0.4, -0.2) is 18.8 Å². The van der Waals surface area contributed by atoms with Crippen LogP contribution in [0, 0.1) is 0 Å². The minimum Gasteiger partial charge on any atom is -0.493 e.